The molecule has 0 spiro atoms. The number of hydrogen-bond donors (Lipinski definition) is 2. The summed E-state index contributed by atoms with van der Waals surface area (Å²) in [5.74, 6) is 0.960. The Morgan fingerprint density at radius 3 is 2.52 bits per heavy atom. The van der Waals surface area contributed by atoms with E-state index in [1.807, 2.05) is 37.3 Å². The summed E-state index contributed by atoms with van der Waals surface area (Å²) in [5, 5.41) is 6.48. The highest BCUT2D eigenvalue weighted by atomic mass is 32.2. The summed E-state index contributed by atoms with van der Waals surface area (Å²) in [7, 11) is -3.11. The average Bonchev–Trinajstić information content (AvgIpc) is 2.97. The van der Waals surface area contributed by atoms with E-state index in [1.54, 1.807) is 0 Å². The van der Waals surface area contributed by atoms with Gasteiger partial charge in [0.15, 0.2) is 15.8 Å². The molecule has 1 aliphatic rings. The predicted molar refractivity (Wildman–Crippen MR) is 120 cm³/mol. The standard InChI is InChI=1S/C22H37N3O3S/c1-2-23-22(25-16-17-28-21-13-8-3-4-9-14-21)24-15-10-18-29(26,27)19-20-11-6-5-7-12-20/h5-7,11-12,21H,2-4,8-10,13-19H2,1H3,(H2,23,24,25). The number of nitrogens with one attached hydrogen (secondary N) is 2. The Morgan fingerprint density at radius 2 is 1.83 bits per heavy atom. The fourth-order valence-corrected chi connectivity index (χ4v) is 4.93. The third kappa shape index (κ3) is 10.7. The maximum Gasteiger partial charge on any atom is 0.191 e. The molecule has 7 heteroatoms. The molecule has 1 aliphatic carbocycles. The van der Waals surface area contributed by atoms with Crippen LogP contribution in [0, 0.1) is 0 Å². The average molecular weight is 424 g/mol. The molecule has 1 fully saturated rings. The van der Waals surface area contributed by atoms with Crippen molar-refractivity contribution in [2.24, 2.45) is 4.99 Å². The number of sulfone groups is 1. The molecule has 0 amide bonds. The van der Waals surface area contributed by atoms with Gasteiger partial charge in [0.2, 0.25) is 0 Å². The number of rotatable bonds is 11. The van der Waals surface area contributed by atoms with E-state index < -0.39 is 9.84 Å². The van der Waals surface area contributed by atoms with Crippen LogP contribution in [0.25, 0.3) is 0 Å². The number of benzene rings is 1. The van der Waals surface area contributed by atoms with Gasteiger partial charge in [0.25, 0.3) is 0 Å². The van der Waals surface area contributed by atoms with Crippen LogP contribution in [0.1, 0.15) is 57.4 Å². The van der Waals surface area contributed by atoms with Gasteiger partial charge in [-0.05, 0) is 31.7 Å². The first-order chi connectivity index (χ1) is 14.1. The van der Waals surface area contributed by atoms with Crippen molar-refractivity contribution in [1.29, 1.82) is 0 Å². The first kappa shape index (κ1) is 23.7. The van der Waals surface area contributed by atoms with Crippen LogP contribution in [0.2, 0.25) is 0 Å². The van der Waals surface area contributed by atoms with Gasteiger partial charge in [-0.2, -0.15) is 0 Å². The Morgan fingerprint density at radius 1 is 1.10 bits per heavy atom. The van der Waals surface area contributed by atoms with E-state index in [4.69, 9.17) is 4.74 Å². The zero-order valence-electron chi connectivity index (χ0n) is 17.7. The minimum absolute atomic E-state index is 0.0916. The Bertz CT molecular complexity index is 685. The molecule has 0 aliphatic heterocycles. The summed E-state index contributed by atoms with van der Waals surface area (Å²) in [5.41, 5.74) is 0.833. The second-order valence-corrected chi connectivity index (χ2v) is 9.79. The van der Waals surface area contributed by atoms with Crippen LogP contribution < -0.4 is 10.6 Å². The van der Waals surface area contributed by atoms with Gasteiger partial charge in [-0.3, -0.25) is 4.99 Å². The van der Waals surface area contributed by atoms with Crippen LogP contribution in [0.3, 0.4) is 0 Å². The van der Waals surface area contributed by atoms with E-state index in [1.165, 1.54) is 38.5 Å². The minimum atomic E-state index is -3.11. The molecule has 0 radical (unpaired) electrons. The Hall–Kier alpha value is -1.60. The topological polar surface area (TPSA) is 79.8 Å². The van der Waals surface area contributed by atoms with Gasteiger partial charge in [-0.1, -0.05) is 56.0 Å². The molecule has 0 unspecified atom stereocenters. The molecule has 2 rings (SSSR count). The zero-order chi connectivity index (χ0) is 20.8. The molecule has 0 heterocycles. The number of nitrogens with zero attached hydrogens (tertiary/aromatic N) is 1. The smallest absolute Gasteiger partial charge is 0.191 e. The Kier molecular flexibility index (Phi) is 11.1. The lowest BCUT2D eigenvalue weighted by Gasteiger charge is -2.16. The van der Waals surface area contributed by atoms with Crippen LogP contribution in [0.5, 0.6) is 0 Å². The molecule has 0 bridgehead atoms. The van der Waals surface area contributed by atoms with E-state index in [0.717, 1.165) is 18.1 Å². The summed E-state index contributed by atoms with van der Waals surface area (Å²) in [6.07, 6.45) is 8.47. The number of hydrogen-bond acceptors (Lipinski definition) is 4. The molecule has 29 heavy (non-hydrogen) atoms. The van der Waals surface area contributed by atoms with Gasteiger partial charge in [0, 0.05) is 19.6 Å². The quantitative estimate of drug-likeness (QED) is 0.247. The van der Waals surface area contributed by atoms with Crippen LogP contribution >= 0.6 is 0 Å². The summed E-state index contributed by atoms with van der Waals surface area (Å²) in [4.78, 5) is 4.50. The molecule has 164 valence electrons. The number of guanidine groups is 1. The van der Waals surface area contributed by atoms with Gasteiger partial charge in [0.05, 0.1) is 24.2 Å². The van der Waals surface area contributed by atoms with Crippen LogP contribution in [0.15, 0.2) is 35.3 Å². The van der Waals surface area contributed by atoms with Crippen molar-refractivity contribution in [2.75, 3.05) is 32.0 Å². The van der Waals surface area contributed by atoms with Crippen molar-refractivity contribution in [2.45, 2.75) is 63.7 Å². The highest BCUT2D eigenvalue weighted by molar-refractivity contribution is 7.90. The van der Waals surface area contributed by atoms with Gasteiger partial charge >= 0.3 is 0 Å². The van der Waals surface area contributed by atoms with E-state index in [2.05, 4.69) is 15.6 Å². The van der Waals surface area contributed by atoms with Crippen molar-refractivity contribution < 1.29 is 13.2 Å². The van der Waals surface area contributed by atoms with Crippen molar-refractivity contribution in [3.8, 4) is 0 Å². The van der Waals surface area contributed by atoms with E-state index >= 15 is 0 Å². The number of ether oxygens (including phenoxy) is 1. The maximum absolute atomic E-state index is 12.3. The van der Waals surface area contributed by atoms with Crippen molar-refractivity contribution in [3.05, 3.63) is 35.9 Å². The molecule has 1 aromatic carbocycles. The summed E-state index contributed by atoms with van der Waals surface area (Å²) >= 11 is 0. The molecule has 0 aromatic heterocycles. The maximum atomic E-state index is 12.3. The summed E-state index contributed by atoms with van der Waals surface area (Å²) in [6, 6.07) is 9.31. The largest absolute Gasteiger partial charge is 0.376 e. The molecule has 1 saturated carbocycles. The minimum Gasteiger partial charge on any atom is -0.376 e. The van der Waals surface area contributed by atoms with E-state index in [0.29, 0.717) is 32.2 Å². The molecule has 0 saturated heterocycles. The van der Waals surface area contributed by atoms with Crippen molar-refractivity contribution >= 4 is 15.8 Å². The lowest BCUT2D eigenvalue weighted by Crippen LogP contribution is -2.39. The van der Waals surface area contributed by atoms with E-state index in [9.17, 15) is 8.42 Å². The third-order valence-corrected chi connectivity index (χ3v) is 6.69. The van der Waals surface area contributed by atoms with E-state index in [-0.39, 0.29) is 11.5 Å². The third-order valence-electron chi connectivity index (χ3n) is 5.01. The first-order valence-electron chi connectivity index (χ1n) is 11.0. The Balaban J connectivity index is 1.66. The summed E-state index contributed by atoms with van der Waals surface area (Å²) in [6.45, 7) is 4.63. The molecular weight excluding hydrogens is 386 g/mol. The Labute approximate surface area is 176 Å². The van der Waals surface area contributed by atoms with Crippen LogP contribution in [-0.2, 0) is 20.3 Å². The molecule has 1 aromatic rings. The second-order valence-electron chi connectivity index (χ2n) is 7.60. The molecular formula is C22H37N3O3S. The SMILES string of the molecule is CCNC(=NCCCS(=O)(=O)Cc1ccccc1)NCCOC1CCCCCC1. The highest BCUT2D eigenvalue weighted by Gasteiger charge is 2.13. The fraction of sp³-hybridized carbons (Fsp3) is 0.682. The molecule has 0 atom stereocenters. The lowest BCUT2D eigenvalue weighted by atomic mass is 10.1. The highest BCUT2D eigenvalue weighted by Crippen LogP contribution is 2.19. The first-order valence-corrected chi connectivity index (χ1v) is 12.8. The second kappa shape index (κ2) is 13.6. The zero-order valence-corrected chi connectivity index (χ0v) is 18.6. The number of aliphatic imine (C=N–C) groups is 1. The molecule has 2 N–H and O–H groups in total. The lowest BCUT2D eigenvalue weighted by molar-refractivity contribution is 0.0468. The van der Waals surface area contributed by atoms with Crippen molar-refractivity contribution in [3.63, 3.8) is 0 Å². The van der Waals surface area contributed by atoms with Gasteiger partial charge in [0.1, 0.15) is 0 Å². The fourth-order valence-electron chi connectivity index (χ4n) is 3.52. The normalized spacial score (nSPS) is 16.4. The monoisotopic (exact) mass is 423 g/mol. The van der Waals surface area contributed by atoms with Crippen LogP contribution in [0.4, 0.5) is 0 Å². The summed E-state index contributed by atoms with van der Waals surface area (Å²) < 4.78 is 30.5. The van der Waals surface area contributed by atoms with Gasteiger partial charge < -0.3 is 15.4 Å². The van der Waals surface area contributed by atoms with Crippen LogP contribution in [-0.4, -0.2) is 52.5 Å². The van der Waals surface area contributed by atoms with Gasteiger partial charge in [-0.25, -0.2) is 8.42 Å². The molecule has 6 nitrogen and oxygen atoms in total. The van der Waals surface area contributed by atoms with Crippen molar-refractivity contribution in [1.82, 2.24) is 10.6 Å². The van der Waals surface area contributed by atoms with Gasteiger partial charge in [-0.15, -0.1) is 0 Å². The predicted octanol–water partition coefficient (Wildman–Crippen LogP) is 3.29.